The van der Waals surface area contributed by atoms with Crippen LogP contribution in [-0.4, -0.2) is 26.8 Å². The van der Waals surface area contributed by atoms with Crippen LogP contribution in [0, 0.1) is 6.92 Å². The Morgan fingerprint density at radius 2 is 2.11 bits per heavy atom. The first-order chi connectivity index (χ1) is 8.78. The number of benzene rings is 1. The molecule has 2 rings (SSSR count). The lowest BCUT2D eigenvalue weighted by Crippen LogP contribution is -2.13. The van der Waals surface area contributed by atoms with Crippen molar-refractivity contribution in [3.8, 4) is 0 Å². The molecule has 0 saturated heterocycles. The predicted molar refractivity (Wildman–Crippen MR) is 62.1 cm³/mol. The standard InChI is InChI=1S/C12H11F3N2O2/c1-7-16-9-6-8(11(18)19)2-3-10(9)17(7)5-4-12(13,14)15/h2-3,6H,4-5H2,1H3,(H,18,19). The third-order valence-electron chi connectivity index (χ3n) is 2.80. The molecule has 0 atom stereocenters. The number of carbonyl (C=O) groups is 1. The molecule has 0 bridgehead atoms. The van der Waals surface area contributed by atoms with E-state index < -0.39 is 18.6 Å². The maximum Gasteiger partial charge on any atom is 0.390 e. The van der Waals surface area contributed by atoms with Gasteiger partial charge in [0.2, 0.25) is 0 Å². The Hall–Kier alpha value is -2.05. The summed E-state index contributed by atoms with van der Waals surface area (Å²) >= 11 is 0. The Kier molecular flexibility index (Phi) is 3.21. The van der Waals surface area contributed by atoms with Gasteiger partial charge in [-0.3, -0.25) is 0 Å². The van der Waals surface area contributed by atoms with E-state index >= 15 is 0 Å². The minimum Gasteiger partial charge on any atom is -0.478 e. The molecule has 2 aromatic rings. The number of nitrogens with zero attached hydrogens (tertiary/aromatic N) is 2. The Morgan fingerprint density at radius 3 is 2.68 bits per heavy atom. The van der Waals surface area contributed by atoms with Crippen molar-refractivity contribution in [2.24, 2.45) is 0 Å². The molecule has 4 nitrogen and oxygen atoms in total. The lowest BCUT2D eigenvalue weighted by Gasteiger charge is -2.09. The van der Waals surface area contributed by atoms with E-state index in [4.69, 9.17) is 5.11 Å². The second-order valence-corrected chi connectivity index (χ2v) is 4.18. The molecule has 1 aromatic carbocycles. The van der Waals surface area contributed by atoms with Gasteiger partial charge in [-0.2, -0.15) is 13.2 Å². The number of carboxylic acids is 1. The van der Waals surface area contributed by atoms with E-state index in [0.717, 1.165) is 0 Å². The number of halogens is 3. The SMILES string of the molecule is Cc1nc2cc(C(=O)O)ccc2n1CCC(F)(F)F. The lowest BCUT2D eigenvalue weighted by atomic mass is 10.2. The first-order valence-corrected chi connectivity index (χ1v) is 5.55. The summed E-state index contributed by atoms with van der Waals surface area (Å²) in [4.78, 5) is 14.9. The van der Waals surface area contributed by atoms with Gasteiger partial charge in [0.15, 0.2) is 0 Å². The summed E-state index contributed by atoms with van der Waals surface area (Å²) in [5.74, 6) is -0.661. The van der Waals surface area contributed by atoms with Crippen molar-refractivity contribution < 1.29 is 23.1 Å². The van der Waals surface area contributed by atoms with Crippen LogP contribution < -0.4 is 0 Å². The van der Waals surface area contributed by atoms with E-state index in [1.807, 2.05) is 0 Å². The van der Waals surface area contributed by atoms with Crippen molar-refractivity contribution in [2.45, 2.75) is 26.1 Å². The molecule has 0 saturated carbocycles. The third-order valence-corrected chi connectivity index (χ3v) is 2.80. The molecule has 0 fully saturated rings. The quantitative estimate of drug-likeness (QED) is 0.934. The molecule has 0 amide bonds. The molecular formula is C12H11F3N2O2. The summed E-state index contributed by atoms with van der Waals surface area (Å²) in [6, 6.07) is 4.19. The Bertz CT molecular complexity index is 632. The van der Waals surface area contributed by atoms with Gasteiger partial charge >= 0.3 is 12.1 Å². The van der Waals surface area contributed by atoms with Gasteiger partial charge in [0.1, 0.15) is 5.82 Å². The van der Waals surface area contributed by atoms with Crippen LogP contribution in [0.25, 0.3) is 11.0 Å². The van der Waals surface area contributed by atoms with Crippen LogP contribution in [0.3, 0.4) is 0 Å². The van der Waals surface area contributed by atoms with Gasteiger partial charge in [0.25, 0.3) is 0 Å². The number of aryl methyl sites for hydroxylation is 2. The molecule has 102 valence electrons. The van der Waals surface area contributed by atoms with Crippen molar-refractivity contribution in [1.29, 1.82) is 0 Å². The van der Waals surface area contributed by atoms with Crippen LogP contribution >= 0.6 is 0 Å². The van der Waals surface area contributed by atoms with Gasteiger partial charge in [-0.05, 0) is 25.1 Å². The highest BCUT2D eigenvalue weighted by Crippen LogP contribution is 2.23. The van der Waals surface area contributed by atoms with Crippen LogP contribution in [-0.2, 0) is 6.54 Å². The average molecular weight is 272 g/mol. The minimum atomic E-state index is -4.23. The number of hydrogen-bond donors (Lipinski definition) is 1. The zero-order chi connectivity index (χ0) is 14.2. The first-order valence-electron chi connectivity index (χ1n) is 5.55. The molecule has 19 heavy (non-hydrogen) atoms. The van der Waals surface area contributed by atoms with Gasteiger partial charge in [-0.1, -0.05) is 0 Å². The predicted octanol–water partition coefficient (Wildman–Crippen LogP) is 3.00. The zero-order valence-electron chi connectivity index (χ0n) is 10.0. The van der Waals surface area contributed by atoms with Gasteiger partial charge in [-0.25, -0.2) is 9.78 Å². The van der Waals surface area contributed by atoms with Gasteiger partial charge in [-0.15, -0.1) is 0 Å². The maximum absolute atomic E-state index is 12.2. The molecule has 0 aliphatic rings. The van der Waals surface area contributed by atoms with Crippen LogP contribution in [0.2, 0.25) is 0 Å². The number of imidazole rings is 1. The normalized spacial score (nSPS) is 12.0. The second-order valence-electron chi connectivity index (χ2n) is 4.18. The topological polar surface area (TPSA) is 55.1 Å². The molecule has 7 heteroatoms. The van der Waals surface area contributed by atoms with E-state index in [0.29, 0.717) is 16.9 Å². The summed E-state index contributed by atoms with van der Waals surface area (Å²) in [5.41, 5.74) is 0.958. The highest BCUT2D eigenvalue weighted by Gasteiger charge is 2.27. The van der Waals surface area contributed by atoms with E-state index in [-0.39, 0.29) is 12.1 Å². The highest BCUT2D eigenvalue weighted by atomic mass is 19.4. The van der Waals surface area contributed by atoms with Crippen LogP contribution in [0.4, 0.5) is 13.2 Å². The smallest absolute Gasteiger partial charge is 0.390 e. The van der Waals surface area contributed by atoms with Gasteiger partial charge in [0.05, 0.1) is 23.0 Å². The summed E-state index contributed by atoms with van der Waals surface area (Å²) in [6.45, 7) is 1.37. The molecule has 1 N–H and O–H groups in total. The number of fused-ring (bicyclic) bond motifs is 1. The number of aromatic nitrogens is 2. The lowest BCUT2D eigenvalue weighted by molar-refractivity contribution is -0.136. The Balaban J connectivity index is 2.39. The highest BCUT2D eigenvalue weighted by molar-refractivity contribution is 5.92. The molecule has 1 heterocycles. The van der Waals surface area contributed by atoms with E-state index in [9.17, 15) is 18.0 Å². The van der Waals surface area contributed by atoms with E-state index in [2.05, 4.69) is 4.98 Å². The largest absolute Gasteiger partial charge is 0.478 e. The van der Waals surface area contributed by atoms with Crippen LogP contribution in [0.5, 0.6) is 0 Å². The molecule has 1 aromatic heterocycles. The van der Waals surface area contributed by atoms with Gasteiger partial charge in [0, 0.05) is 6.54 Å². The minimum absolute atomic E-state index is 0.0629. The molecule has 0 spiro atoms. The summed E-state index contributed by atoms with van der Waals surface area (Å²) in [7, 11) is 0. The van der Waals surface area contributed by atoms with Crippen LogP contribution in [0.15, 0.2) is 18.2 Å². The van der Waals surface area contributed by atoms with E-state index in [1.54, 1.807) is 6.92 Å². The second kappa shape index (κ2) is 4.56. The van der Waals surface area contributed by atoms with Crippen molar-refractivity contribution in [3.05, 3.63) is 29.6 Å². The van der Waals surface area contributed by atoms with Crippen molar-refractivity contribution >= 4 is 17.0 Å². The number of hydrogen-bond acceptors (Lipinski definition) is 2. The van der Waals surface area contributed by atoms with Crippen molar-refractivity contribution in [1.82, 2.24) is 9.55 Å². The number of aromatic carboxylic acids is 1. The average Bonchev–Trinajstić information content (AvgIpc) is 2.59. The zero-order valence-corrected chi connectivity index (χ0v) is 10.0. The summed E-state index contributed by atoms with van der Waals surface area (Å²) < 4.78 is 38.2. The Labute approximate surface area is 106 Å². The number of carboxylic acid groups (broad SMARTS) is 1. The molecular weight excluding hydrogens is 261 g/mol. The fraction of sp³-hybridized carbons (Fsp3) is 0.333. The van der Waals surface area contributed by atoms with Crippen molar-refractivity contribution in [2.75, 3.05) is 0 Å². The molecule has 0 aliphatic heterocycles. The van der Waals surface area contributed by atoms with Crippen LogP contribution in [0.1, 0.15) is 22.6 Å². The van der Waals surface area contributed by atoms with Gasteiger partial charge < -0.3 is 9.67 Å². The number of rotatable bonds is 3. The fourth-order valence-electron chi connectivity index (χ4n) is 1.90. The maximum atomic E-state index is 12.2. The monoisotopic (exact) mass is 272 g/mol. The molecule has 0 unspecified atom stereocenters. The number of alkyl halides is 3. The van der Waals surface area contributed by atoms with Crippen molar-refractivity contribution in [3.63, 3.8) is 0 Å². The third kappa shape index (κ3) is 2.86. The first kappa shape index (κ1) is 13.4. The summed E-state index contributed by atoms with van der Waals surface area (Å²) in [5, 5.41) is 8.85. The summed E-state index contributed by atoms with van der Waals surface area (Å²) in [6.07, 6.45) is -5.18. The molecule has 0 aliphatic carbocycles. The Morgan fingerprint density at radius 1 is 1.42 bits per heavy atom. The molecule has 0 radical (unpaired) electrons. The van der Waals surface area contributed by atoms with E-state index in [1.165, 1.54) is 22.8 Å². The fourth-order valence-corrected chi connectivity index (χ4v) is 1.90.